The van der Waals surface area contributed by atoms with Gasteiger partial charge in [0.15, 0.2) is 0 Å². The van der Waals surface area contributed by atoms with Crippen LogP contribution < -0.4 is 10.6 Å². The lowest BCUT2D eigenvalue weighted by Crippen LogP contribution is -2.35. The zero-order chi connectivity index (χ0) is 19.4. The number of nitrogens with zero attached hydrogens (tertiary/aromatic N) is 3. The Balaban J connectivity index is 1.91. The van der Waals surface area contributed by atoms with Gasteiger partial charge >= 0.3 is 5.69 Å². The van der Waals surface area contributed by atoms with Crippen molar-refractivity contribution in [1.29, 1.82) is 0 Å². The molecule has 26 heavy (non-hydrogen) atoms. The van der Waals surface area contributed by atoms with E-state index in [1.54, 1.807) is 12.1 Å². The normalized spacial score (nSPS) is 10.5. The molecule has 1 heterocycles. The monoisotopic (exact) mass is 423 g/mol. The number of nitrogens with one attached hydrogen (secondary N) is 2. The van der Waals surface area contributed by atoms with Crippen molar-refractivity contribution in [3.8, 4) is 0 Å². The zero-order valence-corrected chi connectivity index (χ0v) is 16.1. The van der Waals surface area contributed by atoms with E-state index in [1.165, 1.54) is 18.5 Å². The van der Waals surface area contributed by atoms with Gasteiger partial charge in [0.05, 0.1) is 11.5 Å². The maximum Gasteiger partial charge on any atom is 0.312 e. The first-order valence-electron chi connectivity index (χ1n) is 7.70. The second kappa shape index (κ2) is 8.09. The number of benzene rings is 1. The van der Waals surface area contributed by atoms with Crippen LogP contribution in [0, 0.1) is 30.9 Å². The third-order valence-electron chi connectivity index (χ3n) is 3.73. The summed E-state index contributed by atoms with van der Waals surface area (Å²) in [6.07, 6.45) is 0. The van der Waals surface area contributed by atoms with Crippen molar-refractivity contribution in [2.45, 2.75) is 27.3 Å². The van der Waals surface area contributed by atoms with Gasteiger partial charge in [-0.25, -0.2) is 0 Å². The van der Waals surface area contributed by atoms with Crippen LogP contribution in [0.1, 0.15) is 17.0 Å². The molecule has 0 saturated carbocycles. The maximum atomic E-state index is 12.0. The van der Waals surface area contributed by atoms with Crippen molar-refractivity contribution in [1.82, 2.24) is 15.1 Å². The van der Waals surface area contributed by atoms with Gasteiger partial charge < -0.3 is 10.6 Å². The third-order valence-corrected chi connectivity index (χ3v) is 4.22. The Labute approximate surface area is 158 Å². The number of amides is 2. The number of rotatable bonds is 6. The van der Waals surface area contributed by atoms with Crippen LogP contribution in [0.4, 0.5) is 11.4 Å². The fraction of sp³-hybridized carbons (Fsp3) is 0.312. The van der Waals surface area contributed by atoms with E-state index >= 15 is 0 Å². The Hall–Kier alpha value is -2.75. The Morgan fingerprint density at radius 2 is 1.96 bits per heavy atom. The van der Waals surface area contributed by atoms with Crippen LogP contribution >= 0.6 is 15.9 Å². The number of nitro groups is 1. The minimum Gasteiger partial charge on any atom is -0.345 e. The highest BCUT2D eigenvalue weighted by molar-refractivity contribution is 9.10. The second-order valence-electron chi connectivity index (χ2n) is 5.72. The molecule has 0 spiro atoms. The van der Waals surface area contributed by atoms with Crippen LogP contribution in [0.25, 0.3) is 0 Å². The summed E-state index contributed by atoms with van der Waals surface area (Å²) in [5.74, 6) is -0.837. The van der Waals surface area contributed by atoms with Crippen LogP contribution in [0.2, 0.25) is 0 Å². The molecule has 0 aliphatic heterocycles. The standard InChI is InChI=1S/C16H18BrN5O4/c1-9-6-12(17)4-5-13(9)19-14(23)7-18-15(24)8-21-11(3)16(22(25)26)10(2)20-21/h4-6H,7-8H2,1-3H3,(H,18,24)(H,19,23). The van der Waals surface area contributed by atoms with Gasteiger partial charge in [0, 0.05) is 10.2 Å². The molecule has 0 bridgehead atoms. The zero-order valence-electron chi connectivity index (χ0n) is 14.5. The smallest absolute Gasteiger partial charge is 0.312 e. The van der Waals surface area contributed by atoms with Gasteiger partial charge in [0.1, 0.15) is 17.9 Å². The minimum absolute atomic E-state index is 0.110. The molecule has 2 amide bonds. The van der Waals surface area contributed by atoms with Crippen LogP contribution in [0.15, 0.2) is 22.7 Å². The topological polar surface area (TPSA) is 119 Å². The van der Waals surface area contributed by atoms with E-state index in [0.29, 0.717) is 5.69 Å². The molecule has 1 aromatic carbocycles. The average Bonchev–Trinajstić information content (AvgIpc) is 2.82. The summed E-state index contributed by atoms with van der Waals surface area (Å²) in [6, 6.07) is 5.43. The van der Waals surface area contributed by atoms with E-state index in [9.17, 15) is 19.7 Å². The fourth-order valence-electron chi connectivity index (χ4n) is 2.44. The lowest BCUT2D eigenvalue weighted by Gasteiger charge is -2.10. The number of anilines is 1. The van der Waals surface area contributed by atoms with Crippen LogP contribution in [0.5, 0.6) is 0 Å². The molecule has 2 N–H and O–H groups in total. The highest BCUT2D eigenvalue weighted by atomic mass is 79.9. The SMILES string of the molecule is Cc1cc(Br)ccc1NC(=O)CNC(=O)Cn1nc(C)c([N+](=O)[O-])c1C. The van der Waals surface area contributed by atoms with E-state index in [-0.39, 0.29) is 36.1 Å². The van der Waals surface area contributed by atoms with Crippen molar-refractivity contribution in [2.75, 3.05) is 11.9 Å². The average molecular weight is 424 g/mol. The van der Waals surface area contributed by atoms with E-state index in [0.717, 1.165) is 10.0 Å². The number of aryl methyl sites for hydroxylation is 2. The van der Waals surface area contributed by atoms with Crippen LogP contribution in [0.3, 0.4) is 0 Å². The van der Waals surface area contributed by atoms with Gasteiger partial charge in [-0.05, 0) is 44.5 Å². The Kier molecular flexibility index (Phi) is 6.09. The van der Waals surface area contributed by atoms with Gasteiger partial charge in [-0.3, -0.25) is 24.4 Å². The summed E-state index contributed by atoms with van der Waals surface area (Å²) in [5, 5.41) is 20.2. The first kappa shape index (κ1) is 19.6. The molecule has 0 radical (unpaired) electrons. The van der Waals surface area contributed by atoms with Crippen molar-refractivity contribution in [2.24, 2.45) is 0 Å². The molecule has 0 fully saturated rings. The summed E-state index contributed by atoms with van der Waals surface area (Å²) in [7, 11) is 0. The highest BCUT2D eigenvalue weighted by Gasteiger charge is 2.22. The van der Waals surface area contributed by atoms with E-state index in [2.05, 4.69) is 31.7 Å². The predicted molar refractivity (Wildman–Crippen MR) is 98.9 cm³/mol. The molecule has 2 aromatic rings. The molecular formula is C16H18BrN5O4. The summed E-state index contributed by atoms with van der Waals surface area (Å²) in [4.78, 5) is 34.4. The second-order valence-corrected chi connectivity index (χ2v) is 6.63. The molecule has 138 valence electrons. The minimum atomic E-state index is -0.528. The van der Waals surface area contributed by atoms with Crippen molar-refractivity contribution >= 4 is 39.1 Å². The number of halogens is 1. The summed E-state index contributed by atoms with van der Waals surface area (Å²) in [5.41, 5.74) is 1.96. The lowest BCUT2D eigenvalue weighted by atomic mass is 10.2. The number of hydrogen-bond donors (Lipinski definition) is 2. The molecule has 1 aromatic heterocycles. The van der Waals surface area contributed by atoms with E-state index in [1.807, 2.05) is 13.0 Å². The van der Waals surface area contributed by atoms with E-state index < -0.39 is 10.8 Å². The van der Waals surface area contributed by atoms with Gasteiger partial charge in [0.2, 0.25) is 11.8 Å². The molecule has 10 heteroatoms. The van der Waals surface area contributed by atoms with Gasteiger partial charge in [-0.1, -0.05) is 15.9 Å². The van der Waals surface area contributed by atoms with Crippen LogP contribution in [-0.2, 0) is 16.1 Å². The van der Waals surface area contributed by atoms with Crippen molar-refractivity contribution < 1.29 is 14.5 Å². The summed E-state index contributed by atoms with van der Waals surface area (Å²) < 4.78 is 2.15. The molecule has 0 saturated heterocycles. The quantitative estimate of drug-likeness (QED) is 0.545. The number of carbonyl (C=O) groups is 2. The molecule has 9 nitrogen and oxygen atoms in total. The number of hydrogen-bond acceptors (Lipinski definition) is 5. The van der Waals surface area contributed by atoms with Gasteiger partial charge in [-0.15, -0.1) is 0 Å². The molecule has 0 aliphatic rings. The summed E-state index contributed by atoms with van der Waals surface area (Å²) in [6.45, 7) is 4.47. The molecular weight excluding hydrogens is 406 g/mol. The van der Waals surface area contributed by atoms with E-state index in [4.69, 9.17) is 0 Å². The highest BCUT2D eigenvalue weighted by Crippen LogP contribution is 2.21. The Morgan fingerprint density at radius 3 is 2.54 bits per heavy atom. The number of aromatic nitrogens is 2. The van der Waals surface area contributed by atoms with Gasteiger partial charge in [0.25, 0.3) is 0 Å². The lowest BCUT2D eigenvalue weighted by molar-refractivity contribution is -0.386. The molecule has 0 aliphatic carbocycles. The Morgan fingerprint density at radius 1 is 1.27 bits per heavy atom. The van der Waals surface area contributed by atoms with Gasteiger partial charge in [-0.2, -0.15) is 5.10 Å². The summed E-state index contributed by atoms with van der Waals surface area (Å²) >= 11 is 3.35. The molecule has 0 unspecified atom stereocenters. The fourth-order valence-corrected chi connectivity index (χ4v) is 2.91. The number of carbonyl (C=O) groups excluding carboxylic acids is 2. The third kappa shape index (κ3) is 4.66. The largest absolute Gasteiger partial charge is 0.345 e. The van der Waals surface area contributed by atoms with Crippen molar-refractivity contribution in [3.63, 3.8) is 0 Å². The molecule has 0 atom stereocenters. The van der Waals surface area contributed by atoms with Crippen molar-refractivity contribution in [3.05, 3.63) is 49.7 Å². The predicted octanol–water partition coefficient (Wildman–Crippen LogP) is 2.23. The molecule has 2 rings (SSSR count). The first-order chi connectivity index (χ1) is 12.2. The first-order valence-corrected chi connectivity index (χ1v) is 8.49. The Bertz CT molecular complexity index is 878. The van der Waals surface area contributed by atoms with Crippen LogP contribution in [-0.4, -0.2) is 33.1 Å². The maximum absolute atomic E-state index is 12.0.